The van der Waals surface area contributed by atoms with Crippen molar-refractivity contribution in [1.82, 2.24) is 0 Å². The summed E-state index contributed by atoms with van der Waals surface area (Å²) >= 11 is 0. The molecule has 0 amide bonds. The molecule has 0 aliphatic carbocycles. The van der Waals surface area contributed by atoms with E-state index in [2.05, 4.69) is 13.8 Å². The number of benzene rings is 1. The van der Waals surface area contributed by atoms with Crippen molar-refractivity contribution in [3.05, 3.63) is 23.8 Å². The Labute approximate surface area is 299 Å². The zero-order valence-electron chi connectivity index (χ0n) is 32.4. The van der Waals surface area contributed by atoms with E-state index in [4.69, 9.17) is 14.2 Å². The smallest absolute Gasteiger partial charge is 0.337 e. The molecule has 1 aromatic carbocycles. The van der Waals surface area contributed by atoms with Crippen LogP contribution in [0.5, 0.6) is 11.5 Å². The van der Waals surface area contributed by atoms with Crippen LogP contribution < -0.4 is 9.47 Å². The van der Waals surface area contributed by atoms with E-state index in [1.165, 1.54) is 200 Å². The van der Waals surface area contributed by atoms with Crippen molar-refractivity contribution in [2.75, 3.05) is 20.3 Å². The highest BCUT2D eigenvalue weighted by atomic mass is 16.5. The Hall–Kier alpha value is -1.71. The Morgan fingerprint density at radius 2 is 0.708 bits per heavy atom. The maximum Gasteiger partial charge on any atom is 0.337 e. The lowest BCUT2D eigenvalue weighted by atomic mass is 10.0. The first-order valence-corrected chi connectivity index (χ1v) is 21.2. The molecular formula is C44H80O4. The normalized spacial score (nSPS) is 11.2. The van der Waals surface area contributed by atoms with Crippen molar-refractivity contribution in [3.8, 4) is 11.5 Å². The number of hydrogen-bond donors (Lipinski definition) is 0. The fraction of sp³-hybridized carbons (Fsp3) is 0.841. The van der Waals surface area contributed by atoms with Crippen LogP contribution in [-0.2, 0) is 4.74 Å². The molecule has 0 heterocycles. The van der Waals surface area contributed by atoms with Gasteiger partial charge < -0.3 is 14.2 Å². The van der Waals surface area contributed by atoms with E-state index in [0.29, 0.717) is 24.5 Å². The van der Waals surface area contributed by atoms with Crippen LogP contribution in [0.15, 0.2) is 18.2 Å². The van der Waals surface area contributed by atoms with E-state index in [1.54, 1.807) is 12.1 Å². The number of unbranched alkanes of at least 4 members (excludes halogenated alkanes) is 30. The van der Waals surface area contributed by atoms with E-state index in [1.807, 2.05) is 6.07 Å². The second kappa shape index (κ2) is 35.1. The second-order valence-corrected chi connectivity index (χ2v) is 14.5. The van der Waals surface area contributed by atoms with Gasteiger partial charge in [-0.1, -0.05) is 206 Å². The summed E-state index contributed by atoms with van der Waals surface area (Å²) < 4.78 is 17.2. The molecule has 0 atom stereocenters. The number of rotatable bonds is 37. The highest BCUT2D eigenvalue weighted by molar-refractivity contribution is 5.90. The summed E-state index contributed by atoms with van der Waals surface area (Å²) in [6.07, 6.45) is 43.5. The number of ether oxygens (including phenoxy) is 3. The lowest BCUT2D eigenvalue weighted by molar-refractivity contribution is 0.0600. The van der Waals surface area contributed by atoms with Crippen molar-refractivity contribution in [2.45, 2.75) is 219 Å². The van der Waals surface area contributed by atoms with Gasteiger partial charge in [-0.25, -0.2) is 4.79 Å². The average molecular weight is 673 g/mol. The minimum absolute atomic E-state index is 0.341. The minimum atomic E-state index is -0.341. The summed E-state index contributed by atoms with van der Waals surface area (Å²) in [6, 6.07) is 5.42. The molecule has 0 aliphatic rings. The monoisotopic (exact) mass is 673 g/mol. The van der Waals surface area contributed by atoms with Gasteiger partial charge in [-0.2, -0.15) is 0 Å². The van der Waals surface area contributed by atoms with Crippen LogP contribution >= 0.6 is 0 Å². The zero-order valence-corrected chi connectivity index (χ0v) is 32.4. The van der Waals surface area contributed by atoms with E-state index >= 15 is 0 Å². The van der Waals surface area contributed by atoms with Crippen molar-refractivity contribution < 1.29 is 19.0 Å². The van der Waals surface area contributed by atoms with Gasteiger partial charge in [0.25, 0.3) is 0 Å². The fourth-order valence-electron chi connectivity index (χ4n) is 6.65. The van der Waals surface area contributed by atoms with Crippen molar-refractivity contribution in [1.29, 1.82) is 0 Å². The summed E-state index contributed by atoms with van der Waals surface area (Å²) in [4.78, 5) is 12.1. The molecule has 4 nitrogen and oxygen atoms in total. The minimum Gasteiger partial charge on any atom is -0.490 e. The lowest BCUT2D eigenvalue weighted by Crippen LogP contribution is -2.06. The van der Waals surface area contributed by atoms with E-state index in [-0.39, 0.29) is 5.97 Å². The van der Waals surface area contributed by atoms with Crippen molar-refractivity contribution in [2.24, 2.45) is 0 Å². The van der Waals surface area contributed by atoms with Crippen LogP contribution in [0.4, 0.5) is 0 Å². The zero-order chi connectivity index (χ0) is 34.6. The molecule has 280 valence electrons. The third kappa shape index (κ3) is 27.2. The molecule has 0 saturated carbocycles. The number of esters is 1. The Kier molecular flexibility index (Phi) is 32.4. The Morgan fingerprint density at radius 1 is 0.417 bits per heavy atom. The van der Waals surface area contributed by atoms with Gasteiger partial charge in [-0.3, -0.25) is 0 Å². The number of carbonyl (C=O) groups excluding carboxylic acids is 1. The Morgan fingerprint density at radius 3 is 1.02 bits per heavy atom. The quantitative estimate of drug-likeness (QED) is 0.0521. The van der Waals surface area contributed by atoms with E-state index in [0.717, 1.165) is 18.6 Å². The molecule has 0 aliphatic heterocycles. The van der Waals surface area contributed by atoms with Gasteiger partial charge in [-0.15, -0.1) is 0 Å². The molecule has 0 N–H and O–H groups in total. The molecule has 0 fully saturated rings. The number of hydrogen-bond acceptors (Lipinski definition) is 4. The van der Waals surface area contributed by atoms with Crippen molar-refractivity contribution >= 4 is 5.97 Å². The standard InChI is InChI=1S/C44H80O4/c1-4-6-8-10-12-14-16-18-20-22-24-26-28-30-32-34-38-47-42-37-36-41(44(45)46-3)40-43(42)48-39-35-33-31-29-27-25-23-21-19-17-15-13-11-9-7-5-2/h36-37,40H,4-35,38-39H2,1-3H3. The van der Waals surface area contributed by atoms with Crippen LogP contribution in [0.3, 0.4) is 0 Å². The van der Waals surface area contributed by atoms with E-state index in [9.17, 15) is 4.79 Å². The summed E-state index contributed by atoms with van der Waals surface area (Å²) in [5, 5.41) is 0. The summed E-state index contributed by atoms with van der Waals surface area (Å²) in [6.45, 7) is 5.92. The third-order valence-corrected chi connectivity index (χ3v) is 9.88. The van der Waals surface area contributed by atoms with Crippen LogP contribution in [0.25, 0.3) is 0 Å². The molecule has 1 rings (SSSR count). The second-order valence-electron chi connectivity index (χ2n) is 14.5. The molecule has 0 unspecified atom stereocenters. The first kappa shape index (κ1) is 44.3. The summed E-state index contributed by atoms with van der Waals surface area (Å²) in [7, 11) is 1.42. The molecule has 0 radical (unpaired) electrons. The highest BCUT2D eigenvalue weighted by Crippen LogP contribution is 2.29. The molecule has 0 aromatic heterocycles. The largest absolute Gasteiger partial charge is 0.490 e. The van der Waals surface area contributed by atoms with Crippen LogP contribution in [-0.4, -0.2) is 26.3 Å². The van der Waals surface area contributed by atoms with Gasteiger partial charge >= 0.3 is 5.97 Å². The van der Waals surface area contributed by atoms with E-state index < -0.39 is 0 Å². The summed E-state index contributed by atoms with van der Waals surface area (Å²) in [5.74, 6) is 1.06. The van der Waals surface area contributed by atoms with Gasteiger partial charge in [0, 0.05) is 0 Å². The van der Waals surface area contributed by atoms with Gasteiger partial charge in [-0.05, 0) is 31.0 Å². The van der Waals surface area contributed by atoms with Crippen LogP contribution in [0, 0.1) is 0 Å². The van der Waals surface area contributed by atoms with Gasteiger partial charge in [0.05, 0.1) is 25.9 Å². The molecule has 1 aromatic rings. The fourth-order valence-corrected chi connectivity index (χ4v) is 6.65. The lowest BCUT2D eigenvalue weighted by Gasteiger charge is -2.14. The topological polar surface area (TPSA) is 44.8 Å². The van der Waals surface area contributed by atoms with Crippen molar-refractivity contribution in [3.63, 3.8) is 0 Å². The SMILES string of the molecule is CCCCCCCCCCCCCCCCCCOc1ccc(C(=O)OC)cc1OCCCCCCCCCCCCCCCCCC. The Balaban J connectivity index is 2.08. The van der Waals surface area contributed by atoms with Gasteiger partial charge in [0.1, 0.15) is 0 Å². The predicted molar refractivity (Wildman–Crippen MR) is 208 cm³/mol. The molecular weight excluding hydrogens is 592 g/mol. The van der Waals surface area contributed by atoms with Crippen LogP contribution in [0.1, 0.15) is 230 Å². The summed E-state index contributed by atoms with van der Waals surface area (Å²) in [5.41, 5.74) is 0.509. The van der Waals surface area contributed by atoms with Crippen LogP contribution in [0.2, 0.25) is 0 Å². The van der Waals surface area contributed by atoms with Gasteiger partial charge in [0.2, 0.25) is 0 Å². The highest BCUT2D eigenvalue weighted by Gasteiger charge is 2.12. The molecule has 0 spiro atoms. The first-order chi connectivity index (χ1) is 23.7. The molecule has 4 heteroatoms. The maximum atomic E-state index is 12.1. The average Bonchev–Trinajstić information content (AvgIpc) is 3.10. The predicted octanol–water partition coefficient (Wildman–Crippen LogP) is 14.8. The Bertz CT molecular complexity index is 822. The van der Waals surface area contributed by atoms with Gasteiger partial charge in [0.15, 0.2) is 11.5 Å². The maximum absolute atomic E-state index is 12.1. The number of methoxy groups -OCH3 is 1. The molecule has 48 heavy (non-hydrogen) atoms. The number of carbonyl (C=O) groups is 1. The third-order valence-electron chi connectivity index (χ3n) is 9.88. The molecule has 0 saturated heterocycles. The molecule has 0 bridgehead atoms. The first-order valence-electron chi connectivity index (χ1n) is 21.2.